The predicted octanol–water partition coefficient (Wildman–Crippen LogP) is 5.95. The van der Waals surface area contributed by atoms with E-state index in [0.29, 0.717) is 5.56 Å². The van der Waals surface area contributed by atoms with Crippen LogP contribution < -0.4 is 10.1 Å². The van der Waals surface area contributed by atoms with Gasteiger partial charge in [0.05, 0.1) is 31.9 Å². The number of rotatable bonds is 2. The summed E-state index contributed by atoms with van der Waals surface area (Å²) in [4.78, 5) is 44.3. The van der Waals surface area contributed by atoms with E-state index in [9.17, 15) is 23.9 Å². The van der Waals surface area contributed by atoms with E-state index in [0.717, 1.165) is 11.3 Å². The zero-order chi connectivity index (χ0) is 28.2. The van der Waals surface area contributed by atoms with Crippen molar-refractivity contribution in [1.29, 1.82) is 0 Å². The highest BCUT2D eigenvalue weighted by Gasteiger charge is 2.38. The van der Waals surface area contributed by atoms with Crippen molar-refractivity contribution in [3.05, 3.63) is 39.6 Å². The van der Waals surface area contributed by atoms with Crippen molar-refractivity contribution in [2.45, 2.75) is 32.4 Å². The SMILES string of the molecule is CC(C)(C)OC(=O)Nc1nc2c(-c3c(Cl)cc4c(c3Cl)OC[C@H]3CN(C(=O)O)CCN3C4=O)ccc(F)c2s1. The zero-order valence-corrected chi connectivity index (χ0v) is 23.3. The van der Waals surface area contributed by atoms with Gasteiger partial charge in [0.15, 0.2) is 10.9 Å². The van der Waals surface area contributed by atoms with Gasteiger partial charge in [0.25, 0.3) is 5.91 Å². The third kappa shape index (κ3) is 5.15. The third-order valence-corrected chi connectivity index (χ3v) is 7.85. The third-order valence-electron chi connectivity index (χ3n) is 6.21. The van der Waals surface area contributed by atoms with Crippen molar-refractivity contribution in [2.75, 3.05) is 31.6 Å². The normalized spacial score (nSPS) is 17.3. The molecule has 1 aromatic heterocycles. The van der Waals surface area contributed by atoms with Crippen LogP contribution >= 0.6 is 34.5 Å². The Morgan fingerprint density at radius 2 is 2.00 bits per heavy atom. The lowest BCUT2D eigenvalue weighted by Crippen LogP contribution is -2.57. The monoisotopic (exact) mass is 596 g/mol. The summed E-state index contributed by atoms with van der Waals surface area (Å²) < 4.78 is 26.2. The van der Waals surface area contributed by atoms with Crippen molar-refractivity contribution in [3.63, 3.8) is 0 Å². The van der Waals surface area contributed by atoms with Crippen LogP contribution in [-0.2, 0) is 4.74 Å². The van der Waals surface area contributed by atoms with Gasteiger partial charge in [-0.1, -0.05) is 34.5 Å². The molecule has 2 aromatic carbocycles. The molecule has 1 atom stereocenters. The van der Waals surface area contributed by atoms with Crippen LogP contribution in [0.4, 0.5) is 19.1 Å². The molecule has 2 aliphatic rings. The molecule has 3 amide bonds. The minimum Gasteiger partial charge on any atom is -0.489 e. The number of anilines is 1. The van der Waals surface area contributed by atoms with Crippen LogP contribution in [0.3, 0.4) is 0 Å². The Morgan fingerprint density at radius 3 is 2.69 bits per heavy atom. The van der Waals surface area contributed by atoms with Crippen LogP contribution in [-0.4, -0.2) is 75.9 Å². The quantitative estimate of drug-likeness (QED) is 0.374. The van der Waals surface area contributed by atoms with E-state index in [4.69, 9.17) is 32.7 Å². The summed E-state index contributed by atoms with van der Waals surface area (Å²) in [6.45, 7) is 5.62. The van der Waals surface area contributed by atoms with Gasteiger partial charge >= 0.3 is 12.2 Å². The number of hydrogen-bond donors (Lipinski definition) is 2. The molecule has 3 heterocycles. The van der Waals surface area contributed by atoms with Gasteiger partial charge in [-0.25, -0.2) is 19.0 Å². The summed E-state index contributed by atoms with van der Waals surface area (Å²) in [6, 6.07) is 3.62. The molecule has 1 fully saturated rings. The number of ether oxygens (including phenoxy) is 2. The molecule has 2 aliphatic heterocycles. The number of fused-ring (bicyclic) bond motifs is 3. The number of thiazole rings is 1. The van der Waals surface area contributed by atoms with Gasteiger partial charge in [-0.3, -0.25) is 10.1 Å². The highest BCUT2D eigenvalue weighted by atomic mass is 35.5. The second-order valence-electron chi connectivity index (χ2n) is 10.0. The van der Waals surface area contributed by atoms with Gasteiger partial charge in [-0.05, 0) is 39.0 Å². The van der Waals surface area contributed by atoms with Crippen molar-refractivity contribution >= 4 is 68.0 Å². The van der Waals surface area contributed by atoms with E-state index in [2.05, 4.69) is 10.3 Å². The van der Waals surface area contributed by atoms with Gasteiger partial charge in [0.2, 0.25) is 0 Å². The number of carbonyl (C=O) groups is 3. The summed E-state index contributed by atoms with van der Waals surface area (Å²) in [5.74, 6) is -0.844. The zero-order valence-electron chi connectivity index (χ0n) is 21.0. The van der Waals surface area contributed by atoms with Crippen LogP contribution in [0.2, 0.25) is 10.0 Å². The fraction of sp³-hybridized carbons (Fsp3) is 0.360. The van der Waals surface area contributed by atoms with Gasteiger partial charge in [-0.15, -0.1) is 0 Å². The first-order chi connectivity index (χ1) is 18.3. The molecule has 0 bridgehead atoms. The highest BCUT2D eigenvalue weighted by Crippen LogP contribution is 2.47. The second-order valence-corrected chi connectivity index (χ2v) is 11.8. The Hall–Kier alpha value is -3.35. The van der Waals surface area contributed by atoms with E-state index in [1.165, 1.54) is 23.1 Å². The topological polar surface area (TPSA) is 121 Å². The maximum atomic E-state index is 14.8. The molecular weight excluding hydrogens is 574 g/mol. The minimum atomic E-state index is -1.07. The highest BCUT2D eigenvalue weighted by molar-refractivity contribution is 7.22. The molecule has 0 aliphatic carbocycles. The minimum absolute atomic E-state index is 0.0167. The maximum Gasteiger partial charge on any atom is 0.413 e. The number of piperazine rings is 1. The molecule has 3 aromatic rings. The number of nitrogens with one attached hydrogen (secondary N) is 1. The van der Waals surface area contributed by atoms with Crippen LogP contribution in [0.15, 0.2) is 18.2 Å². The molecule has 0 spiro atoms. The van der Waals surface area contributed by atoms with Crippen molar-refractivity contribution in [2.24, 2.45) is 0 Å². The average molecular weight is 597 g/mol. The molecule has 39 heavy (non-hydrogen) atoms. The van der Waals surface area contributed by atoms with Crippen LogP contribution in [0, 0.1) is 5.82 Å². The Kier molecular flexibility index (Phi) is 6.98. The number of amides is 3. The van der Waals surface area contributed by atoms with E-state index in [1.807, 2.05) is 0 Å². The van der Waals surface area contributed by atoms with E-state index in [-0.39, 0.29) is 74.4 Å². The number of nitrogens with zero attached hydrogens (tertiary/aromatic N) is 3. The Balaban J connectivity index is 1.55. The summed E-state index contributed by atoms with van der Waals surface area (Å²) in [5.41, 5.74) is 0.245. The fourth-order valence-electron chi connectivity index (χ4n) is 4.54. The molecule has 1 saturated heterocycles. The molecule has 0 radical (unpaired) electrons. The number of halogens is 3. The maximum absolute atomic E-state index is 14.8. The molecule has 10 nitrogen and oxygen atoms in total. The Bertz CT molecular complexity index is 1520. The summed E-state index contributed by atoms with van der Waals surface area (Å²) in [5, 5.41) is 12.1. The molecule has 206 valence electrons. The van der Waals surface area contributed by atoms with Crippen molar-refractivity contribution in [3.8, 4) is 16.9 Å². The summed E-state index contributed by atoms with van der Waals surface area (Å²) in [6.07, 6.45) is -1.81. The smallest absolute Gasteiger partial charge is 0.413 e. The predicted molar refractivity (Wildman–Crippen MR) is 145 cm³/mol. The van der Waals surface area contributed by atoms with E-state index >= 15 is 0 Å². The van der Waals surface area contributed by atoms with Gasteiger partial charge in [0, 0.05) is 30.8 Å². The Morgan fingerprint density at radius 1 is 1.26 bits per heavy atom. The molecule has 0 unspecified atom stereocenters. The number of carbonyl (C=O) groups excluding carboxylic acids is 2. The van der Waals surface area contributed by atoms with E-state index in [1.54, 1.807) is 25.7 Å². The lowest BCUT2D eigenvalue weighted by Gasteiger charge is -2.38. The van der Waals surface area contributed by atoms with Crippen LogP contribution in [0.5, 0.6) is 5.75 Å². The number of carboxylic acid groups (broad SMARTS) is 1. The number of aromatic nitrogens is 1. The van der Waals surface area contributed by atoms with Crippen molar-refractivity contribution < 1.29 is 33.4 Å². The lowest BCUT2D eigenvalue weighted by atomic mass is 10.0. The second kappa shape index (κ2) is 10.00. The van der Waals surface area contributed by atoms with Crippen molar-refractivity contribution in [1.82, 2.24) is 14.8 Å². The fourth-order valence-corrected chi connectivity index (χ4v) is 6.14. The average Bonchev–Trinajstić information content (AvgIpc) is 3.21. The number of hydrogen-bond acceptors (Lipinski definition) is 7. The largest absolute Gasteiger partial charge is 0.489 e. The lowest BCUT2D eigenvalue weighted by molar-refractivity contribution is 0.0390. The molecule has 14 heteroatoms. The first-order valence-electron chi connectivity index (χ1n) is 11.9. The van der Waals surface area contributed by atoms with Gasteiger partial charge in [0.1, 0.15) is 18.0 Å². The van der Waals surface area contributed by atoms with Crippen LogP contribution in [0.1, 0.15) is 31.1 Å². The standard InChI is InChI=1S/C25H23Cl2FN4O6S/c1-25(2,3)38-23(34)30-22-29-18-12(4-5-15(28)20(18)39-22)16-14(26)8-13-19(17(16)27)37-10-11-9-31(24(35)36)6-7-32(11)21(13)33/h4-5,8,11H,6-7,9-10H2,1-3H3,(H,35,36)(H,29,30,34)/t11-/m1/s1. The molecule has 0 saturated carbocycles. The first-order valence-corrected chi connectivity index (χ1v) is 13.4. The van der Waals surface area contributed by atoms with E-state index < -0.39 is 29.6 Å². The van der Waals surface area contributed by atoms with Gasteiger partial charge in [-0.2, -0.15) is 0 Å². The molecule has 5 rings (SSSR count). The van der Waals surface area contributed by atoms with Crippen LogP contribution in [0.25, 0.3) is 21.3 Å². The summed E-state index contributed by atoms with van der Waals surface area (Å²) >= 11 is 14.4. The Labute approximate surface area is 236 Å². The number of benzene rings is 2. The molecule has 2 N–H and O–H groups in total. The summed E-state index contributed by atoms with van der Waals surface area (Å²) in [7, 11) is 0. The molecular formula is C25H23Cl2FN4O6S. The first kappa shape index (κ1) is 27.2. The van der Waals surface area contributed by atoms with Gasteiger partial charge < -0.3 is 24.4 Å².